The van der Waals surface area contributed by atoms with Gasteiger partial charge in [0.05, 0.1) is 11.2 Å². The highest BCUT2D eigenvalue weighted by molar-refractivity contribution is 5.85. The molecule has 3 nitrogen and oxygen atoms in total. The van der Waals surface area contributed by atoms with Crippen LogP contribution in [-0.4, -0.2) is 29.5 Å². The van der Waals surface area contributed by atoms with Gasteiger partial charge in [0.25, 0.3) is 0 Å². The lowest BCUT2D eigenvalue weighted by Crippen LogP contribution is -2.38. The number of hydrogen-bond donors (Lipinski definition) is 1. The van der Waals surface area contributed by atoms with Crippen LogP contribution in [-0.2, 0) is 6.54 Å². The molecule has 1 aromatic heterocycles. The minimum Gasteiger partial charge on any atom is -0.330 e. The van der Waals surface area contributed by atoms with Gasteiger partial charge >= 0.3 is 0 Å². The van der Waals surface area contributed by atoms with Crippen LogP contribution in [0.1, 0.15) is 18.5 Å². The molecule has 0 spiro atoms. The Morgan fingerprint density at radius 3 is 2.76 bits per heavy atom. The molecule has 2 N–H and O–H groups in total. The second kappa shape index (κ2) is 8.54. The summed E-state index contributed by atoms with van der Waals surface area (Å²) in [6.45, 7) is 4.04. The van der Waals surface area contributed by atoms with Crippen LogP contribution in [0.15, 0.2) is 36.4 Å². The number of pyridine rings is 1. The van der Waals surface area contributed by atoms with E-state index in [9.17, 15) is 0 Å². The summed E-state index contributed by atoms with van der Waals surface area (Å²) in [6.07, 6.45) is 2.54. The Bertz CT molecular complexity index is 562. The third kappa shape index (κ3) is 4.55. The van der Waals surface area contributed by atoms with Gasteiger partial charge in [-0.15, -0.1) is 24.8 Å². The van der Waals surface area contributed by atoms with E-state index in [-0.39, 0.29) is 24.8 Å². The van der Waals surface area contributed by atoms with Crippen LogP contribution in [0.4, 0.5) is 0 Å². The fraction of sp³-hybridized carbons (Fsp3) is 0.438. The molecular weight excluding hydrogens is 305 g/mol. The molecule has 0 bridgehead atoms. The molecule has 1 unspecified atom stereocenters. The number of benzene rings is 1. The van der Waals surface area contributed by atoms with Crippen molar-refractivity contribution in [3.05, 3.63) is 42.1 Å². The standard InChI is InChI=1S/C16H21N3.2ClH/c17-10-13-4-3-9-19(11-13)12-15-8-7-14-5-1-2-6-16(14)18-15;;/h1-2,5-8,13H,3-4,9-12,17H2;2*1H. The van der Waals surface area contributed by atoms with Gasteiger partial charge in [-0.05, 0) is 44.0 Å². The molecular formula is C16H23Cl2N3. The average molecular weight is 328 g/mol. The summed E-state index contributed by atoms with van der Waals surface area (Å²) >= 11 is 0. The smallest absolute Gasteiger partial charge is 0.0705 e. The van der Waals surface area contributed by atoms with Crippen molar-refractivity contribution < 1.29 is 0 Å². The number of aromatic nitrogens is 1. The van der Waals surface area contributed by atoms with Crippen LogP contribution in [0.25, 0.3) is 10.9 Å². The second-order valence-corrected chi connectivity index (χ2v) is 5.47. The van der Waals surface area contributed by atoms with Gasteiger partial charge in [0.15, 0.2) is 0 Å². The normalized spacial score (nSPS) is 18.8. The molecule has 2 heterocycles. The molecule has 1 atom stereocenters. The van der Waals surface area contributed by atoms with Crippen LogP contribution >= 0.6 is 24.8 Å². The lowest BCUT2D eigenvalue weighted by atomic mass is 9.98. The highest BCUT2D eigenvalue weighted by Gasteiger charge is 2.18. The summed E-state index contributed by atoms with van der Waals surface area (Å²) in [5.74, 6) is 0.661. The number of piperidine rings is 1. The lowest BCUT2D eigenvalue weighted by molar-refractivity contribution is 0.169. The minimum atomic E-state index is 0. The van der Waals surface area contributed by atoms with Crippen LogP contribution in [0.2, 0.25) is 0 Å². The second-order valence-electron chi connectivity index (χ2n) is 5.47. The van der Waals surface area contributed by atoms with E-state index in [1.165, 1.54) is 24.8 Å². The Balaban J connectivity index is 0.00000110. The summed E-state index contributed by atoms with van der Waals surface area (Å²) in [7, 11) is 0. The van der Waals surface area contributed by atoms with Gasteiger partial charge in [-0.25, -0.2) is 0 Å². The molecule has 116 valence electrons. The summed E-state index contributed by atoms with van der Waals surface area (Å²) < 4.78 is 0. The predicted octanol–water partition coefficient (Wildman–Crippen LogP) is 3.25. The molecule has 0 aliphatic carbocycles. The summed E-state index contributed by atoms with van der Waals surface area (Å²) in [4.78, 5) is 7.23. The Hall–Kier alpha value is -0.870. The molecule has 0 radical (unpaired) electrons. The Morgan fingerprint density at radius 1 is 1.14 bits per heavy atom. The zero-order chi connectivity index (χ0) is 13.1. The molecule has 3 rings (SSSR count). The summed E-state index contributed by atoms with van der Waals surface area (Å²) in [5.41, 5.74) is 8.04. The van der Waals surface area contributed by atoms with Gasteiger partial charge in [0.1, 0.15) is 0 Å². The highest BCUT2D eigenvalue weighted by Crippen LogP contribution is 2.18. The number of para-hydroxylation sites is 1. The predicted molar refractivity (Wildman–Crippen MR) is 93.3 cm³/mol. The number of likely N-dealkylation sites (tertiary alicyclic amines) is 1. The number of rotatable bonds is 3. The average Bonchev–Trinajstić information content (AvgIpc) is 2.47. The quantitative estimate of drug-likeness (QED) is 0.940. The van der Waals surface area contributed by atoms with Crippen LogP contribution in [0, 0.1) is 5.92 Å². The first-order chi connectivity index (χ1) is 9.35. The van der Waals surface area contributed by atoms with E-state index in [4.69, 9.17) is 10.7 Å². The zero-order valence-electron chi connectivity index (χ0n) is 12.1. The Kier molecular flexibility index (Phi) is 7.40. The van der Waals surface area contributed by atoms with Gasteiger partial charge in [-0.2, -0.15) is 0 Å². The molecule has 2 aromatic rings. The van der Waals surface area contributed by atoms with Crippen LogP contribution < -0.4 is 5.73 Å². The van der Waals surface area contributed by atoms with Gasteiger partial charge < -0.3 is 5.73 Å². The fourth-order valence-electron chi connectivity index (χ4n) is 2.91. The molecule has 5 heteroatoms. The third-order valence-electron chi connectivity index (χ3n) is 3.98. The fourth-order valence-corrected chi connectivity index (χ4v) is 2.91. The number of fused-ring (bicyclic) bond motifs is 1. The molecule has 0 amide bonds. The molecule has 1 aliphatic rings. The topological polar surface area (TPSA) is 42.1 Å². The SMILES string of the molecule is Cl.Cl.NCC1CCCN(Cc2ccc3ccccc3n2)C1. The van der Waals surface area contributed by atoms with Crippen molar-refractivity contribution in [3.8, 4) is 0 Å². The van der Waals surface area contributed by atoms with Crippen LogP contribution in [0.3, 0.4) is 0 Å². The van der Waals surface area contributed by atoms with Crippen molar-refractivity contribution in [1.29, 1.82) is 0 Å². The summed E-state index contributed by atoms with van der Waals surface area (Å²) in [5, 5.41) is 1.21. The van der Waals surface area contributed by atoms with Crippen molar-refractivity contribution in [2.24, 2.45) is 11.7 Å². The number of nitrogens with two attached hydrogens (primary N) is 1. The van der Waals surface area contributed by atoms with E-state index in [2.05, 4.69) is 35.2 Å². The third-order valence-corrected chi connectivity index (χ3v) is 3.98. The molecule has 21 heavy (non-hydrogen) atoms. The van der Waals surface area contributed by atoms with E-state index in [1.807, 2.05) is 6.07 Å². The Labute approximate surface area is 138 Å². The van der Waals surface area contributed by atoms with E-state index in [1.54, 1.807) is 0 Å². The maximum atomic E-state index is 5.79. The first-order valence-corrected chi connectivity index (χ1v) is 7.12. The molecule has 1 aliphatic heterocycles. The van der Waals surface area contributed by atoms with Gasteiger partial charge in [-0.3, -0.25) is 9.88 Å². The lowest BCUT2D eigenvalue weighted by Gasteiger charge is -2.31. The molecule has 0 saturated carbocycles. The largest absolute Gasteiger partial charge is 0.330 e. The van der Waals surface area contributed by atoms with Crippen molar-refractivity contribution in [3.63, 3.8) is 0 Å². The van der Waals surface area contributed by atoms with E-state index >= 15 is 0 Å². The van der Waals surface area contributed by atoms with Crippen LogP contribution in [0.5, 0.6) is 0 Å². The Morgan fingerprint density at radius 2 is 1.95 bits per heavy atom. The summed E-state index contributed by atoms with van der Waals surface area (Å²) in [6, 6.07) is 12.6. The van der Waals surface area contributed by atoms with E-state index < -0.39 is 0 Å². The zero-order valence-corrected chi connectivity index (χ0v) is 13.7. The van der Waals surface area contributed by atoms with Crippen molar-refractivity contribution >= 4 is 35.7 Å². The number of nitrogens with zero attached hydrogens (tertiary/aromatic N) is 2. The van der Waals surface area contributed by atoms with Gasteiger partial charge in [-0.1, -0.05) is 24.3 Å². The maximum absolute atomic E-state index is 5.79. The van der Waals surface area contributed by atoms with E-state index in [0.29, 0.717) is 5.92 Å². The van der Waals surface area contributed by atoms with Gasteiger partial charge in [0, 0.05) is 18.5 Å². The first-order valence-electron chi connectivity index (χ1n) is 7.12. The monoisotopic (exact) mass is 327 g/mol. The highest BCUT2D eigenvalue weighted by atomic mass is 35.5. The molecule has 1 saturated heterocycles. The van der Waals surface area contributed by atoms with Crippen molar-refractivity contribution in [2.45, 2.75) is 19.4 Å². The number of hydrogen-bond acceptors (Lipinski definition) is 3. The molecule has 1 aromatic carbocycles. The van der Waals surface area contributed by atoms with Gasteiger partial charge in [0.2, 0.25) is 0 Å². The van der Waals surface area contributed by atoms with E-state index in [0.717, 1.165) is 30.8 Å². The molecule has 1 fully saturated rings. The maximum Gasteiger partial charge on any atom is 0.0705 e. The van der Waals surface area contributed by atoms with Crippen molar-refractivity contribution in [1.82, 2.24) is 9.88 Å². The van der Waals surface area contributed by atoms with Crippen molar-refractivity contribution in [2.75, 3.05) is 19.6 Å². The number of halogens is 2. The minimum absolute atomic E-state index is 0. The first kappa shape index (κ1) is 18.2.